The molecule has 0 unspecified atom stereocenters. The molecule has 0 nitrogen and oxygen atoms in total. The number of rotatable bonds is 8. The zero-order chi connectivity index (χ0) is 11.0. The topological polar surface area (TPSA) is 0 Å². The van der Waals surface area contributed by atoms with Crippen LogP contribution in [0.3, 0.4) is 0 Å². The highest BCUT2D eigenvalue weighted by Crippen LogP contribution is 2.27. The summed E-state index contributed by atoms with van der Waals surface area (Å²) < 4.78 is 0. The van der Waals surface area contributed by atoms with Crippen molar-refractivity contribution < 1.29 is 0 Å². The SMILES string of the molecule is C=C(C)CCCCCCC(C)(C)CC. The fourth-order valence-corrected chi connectivity index (χ4v) is 1.56. The Kier molecular flexibility index (Phi) is 6.96. The van der Waals surface area contributed by atoms with Gasteiger partial charge in [-0.1, -0.05) is 52.0 Å². The summed E-state index contributed by atoms with van der Waals surface area (Å²) in [5, 5.41) is 0. The maximum atomic E-state index is 3.93. The predicted octanol–water partition coefficient (Wildman–Crippen LogP) is 5.34. The van der Waals surface area contributed by atoms with Gasteiger partial charge in [0, 0.05) is 0 Å². The lowest BCUT2D eigenvalue weighted by Gasteiger charge is -2.22. The Labute approximate surface area is 90.8 Å². The summed E-state index contributed by atoms with van der Waals surface area (Å²) >= 11 is 0. The first-order valence-corrected chi connectivity index (χ1v) is 6.12. The van der Waals surface area contributed by atoms with Crippen molar-refractivity contribution in [1.82, 2.24) is 0 Å². The van der Waals surface area contributed by atoms with E-state index < -0.39 is 0 Å². The van der Waals surface area contributed by atoms with Crippen LogP contribution in [0.2, 0.25) is 0 Å². The molecule has 0 saturated heterocycles. The third-order valence-electron chi connectivity index (χ3n) is 3.16. The lowest BCUT2D eigenvalue weighted by Crippen LogP contribution is -2.08. The molecule has 0 rings (SSSR count). The van der Waals surface area contributed by atoms with Gasteiger partial charge in [0.1, 0.15) is 0 Å². The summed E-state index contributed by atoms with van der Waals surface area (Å²) in [6, 6.07) is 0. The van der Waals surface area contributed by atoms with E-state index in [1.54, 1.807) is 0 Å². The van der Waals surface area contributed by atoms with E-state index in [4.69, 9.17) is 0 Å². The van der Waals surface area contributed by atoms with Crippen LogP contribution in [0.5, 0.6) is 0 Å². The largest absolute Gasteiger partial charge is 0.100 e. The van der Waals surface area contributed by atoms with Crippen molar-refractivity contribution in [3.8, 4) is 0 Å². The highest BCUT2D eigenvalue weighted by molar-refractivity contribution is 4.87. The summed E-state index contributed by atoms with van der Waals surface area (Å²) in [5.41, 5.74) is 1.90. The van der Waals surface area contributed by atoms with Crippen molar-refractivity contribution >= 4 is 0 Å². The molecule has 84 valence electrons. The first kappa shape index (κ1) is 13.7. The van der Waals surface area contributed by atoms with Gasteiger partial charge in [-0.3, -0.25) is 0 Å². The van der Waals surface area contributed by atoms with Gasteiger partial charge in [0.15, 0.2) is 0 Å². The normalized spacial score (nSPS) is 11.7. The predicted molar refractivity (Wildman–Crippen MR) is 66.6 cm³/mol. The van der Waals surface area contributed by atoms with Crippen molar-refractivity contribution in [2.45, 2.75) is 72.6 Å². The fraction of sp³-hybridized carbons (Fsp3) is 0.857. The van der Waals surface area contributed by atoms with Crippen LogP contribution in [0.25, 0.3) is 0 Å². The zero-order valence-corrected chi connectivity index (χ0v) is 10.7. The van der Waals surface area contributed by atoms with Gasteiger partial charge in [0.25, 0.3) is 0 Å². The van der Waals surface area contributed by atoms with Crippen molar-refractivity contribution in [3.63, 3.8) is 0 Å². The molecule has 0 heteroatoms. The summed E-state index contributed by atoms with van der Waals surface area (Å²) in [5.74, 6) is 0. The van der Waals surface area contributed by atoms with Gasteiger partial charge in [0.2, 0.25) is 0 Å². The van der Waals surface area contributed by atoms with E-state index in [-0.39, 0.29) is 0 Å². The molecule has 0 radical (unpaired) electrons. The fourth-order valence-electron chi connectivity index (χ4n) is 1.56. The smallest absolute Gasteiger partial charge is 0.0326 e. The van der Waals surface area contributed by atoms with Crippen molar-refractivity contribution in [1.29, 1.82) is 0 Å². The molecule has 0 aliphatic heterocycles. The van der Waals surface area contributed by atoms with Crippen LogP contribution in [0, 0.1) is 5.41 Å². The minimum atomic E-state index is 0.564. The molecule has 0 aliphatic rings. The van der Waals surface area contributed by atoms with E-state index in [9.17, 15) is 0 Å². The van der Waals surface area contributed by atoms with Crippen molar-refractivity contribution in [2.24, 2.45) is 5.41 Å². The van der Waals surface area contributed by atoms with E-state index >= 15 is 0 Å². The third kappa shape index (κ3) is 8.34. The molecule has 0 atom stereocenters. The molecular formula is C14H28. The highest BCUT2D eigenvalue weighted by atomic mass is 14.2. The Balaban J connectivity index is 3.25. The Hall–Kier alpha value is -0.260. The summed E-state index contributed by atoms with van der Waals surface area (Å²) in [4.78, 5) is 0. The number of hydrogen-bond acceptors (Lipinski definition) is 0. The van der Waals surface area contributed by atoms with Crippen molar-refractivity contribution in [2.75, 3.05) is 0 Å². The van der Waals surface area contributed by atoms with E-state index in [1.165, 1.54) is 50.5 Å². The molecule has 0 heterocycles. The second kappa shape index (κ2) is 7.09. The van der Waals surface area contributed by atoms with E-state index in [1.807, 2.05) is 0 Å². The van der Waals surface area contributed by atoms with Gasteiger partial charge in [-0.05, 0) is 31.6 Å². The average molecular weight is 196 g/mol. The van der Waals surface area contributed by atoms with Crippen molar-refractivity contribution in [3.05, 3.63) is 12.2 Å². The highest BCUT2D eigenvalue weighted by Gasteiger charge is 2.13. The van der Waals surface area contributed by atoms with E-state index in [2.05, 4.69) is 34.3 Å². The Bertz CT molecular complexity index is 153. The van der Waals surface area contributed by atoms with Crippen LogP contribution in [-0.2, 0) is 0 Å². The van der Waals surface area contributed by atoms with Gasteiger partial charge >= 0.3 is 0 Å². The summed E-state index contributed by atoms with van der Waals surface area (Å²) in [6.07, 6.45) is 9.43. The molecular weight excluding hydrogens is 168 g/mol. The first-order chi connectivity index (χ1) is 6.48. The van der Waals surface area contributed by atoms with Gasteiger partial charge in [-0.25, -0.2) is 0 Å². The van der Waals surface area contributed by atoms with Crippen LogP contribution < -0.4 is 0 Å². The van der Waals surface area contributed by atoms with Crippen LogP contribution >= 0.6 is 0 Å². The summed E-state index contributed by atoms with van der Waals surface area (Å²) in [6.45, 7) is 13.1. The minimum Gasteiger partial charge on any atom is -0.100 e. The molecule has 0 fully saturated rings. The molecule has 0 saturated carbocycles. The maximum absolute atomic E-state index is 3.93. The molecule has 0 spiro atoms. The van der Waals surface area contributed by atoms with E-state index in [0.29, 0.717) is 5.41 Å². The number of allylic oxidation sites excluding steroid dienone is 1. The Morgan fingerprint density at radius 1 is 1.07 bits per heavy atom. The molecule has 0 aromatic heterocycles. The molecule has 0 aromatic carbocycles. The van der Waals surface area contributed by atoms with Crippen LogP contribution in [0.1, 0.15) is 72.6 Å². The lowest BCUT2D eigenvalue weighted by atomic mass is 9.84. The minimum absolute atomic E-state index is 0.564. The third-order valence-corrected chi connectivity index (χ3v) is 3.16. The summed E-state index contributed by atoms with van der Waals surface area (Å²) in [7, 11) is 0. The zero-order valence-electron chi connectivity index (χ0n) is 10.7. The molecule has 0 aromatic rings. The molecule has 0 amide bonds. The second-order valence-corrected chi connectivity index (χ2v) is 5.39. The van der Waals surface area contributed by atoms with Gasteiger partial charge in [-0.15, -0.1) is 6.58 Å². The monoisotopic (exact) mass is 196 g/mol. The first-order valence-electron chi connectivity index (χ1n) is 6.12. The van der Waals surface area contributed by atoms with Gasteiger partial charge < -0.3 is 0 Å². The Morgan fingerprint density at radius 3 is 2.14 bits per heavy atom. The quantitative estimate of drug-likeness (QED) is 0.363. The van der Waals surface area contributed by atoms with Crippen LogP contribution in [-0.4, -0.2) is 0 Å². The standard InChI is InChI=1S/C14H28/c1-6-14(4,5)12-10-8-7-9-11-13(2)3/h2,6-12H2,1,3-5H3. The molecule has 0 bridgehead atoms. The van der Waals surface area contributed by atoms with Gasteiger partial charge in [-0.2, -0.15) is 0 Å². The second-order valence-electron chi connectivity index (χ2n) is 5.39. The maximum Gasteiger partial charge on any atom is -0.0326 e. The molecule has 0 N–H and O–H groups in total. The van der Waals surface area contributed by atoms with Crippen LogP contribution in [0.15, 0.2) is 12.2 Å². The molecule has 14 heavy (non-hydrogen) atoms. The lowest BCUT2D eigenvalue weighted by molar-refractivity contribution is 0.307. The number of hydrogen-bond donors (Lipinski definition) is 0. The average Bonchev–Trinajstić information content (AvgIpc) is 2.10. The Morgan fingerprint density at radius 2 is 1.64 bits per heavy atom. The molecule has 0 aliphatic carbocycles. The van der Waals surface area contributed by atoms with Crippen LogP contribution in [0.4, 0.5) is 0 Å². The number of unbranched alkanes of at least 4 members (excludes halogenated alkanes) is 3. The van der Waals surface area contributed by atoms with E-state index in [0.717, 1.165) is 0 Å². The van der Waals surface area contributed by atoms with Gasteiger partial charge in [0.05, 0.1) is 0 Å².